The fourth-order valence-corrected chi connectivity index (χ4v) is 2.58. The summed E-state index contributed by atoms with van der Waals surface area (Å²) in [7, 11) is 0. The number of carboxylic acid groups (broad SMARTS) is 1. The van der Waals surface area contributed by atoms with Crippen molar-refractivity contribution in [2.45, 2.75) is 11.7 Å². The number of amides is 1. The van der Waals surface area contributed by atoms with E-state index in [9.17, 15) is 14.0 Å². The van der Waals surface area contributed by atoms with Crippen molar-refractivity contribution in [3.05, 3.63) is 35.1 Å². The third-order valence-corrected chi connectivity index (χ3v) is 3.65. The number of terminal acetylenes is 1. The van der Waals surface area contributed by atoms with Crippen LogP contribution < -0.4 is 5.32 Å². The molecule has 112 valence electrons. The monoisotopic (exact) mass is 319 g/mol. The summed E-state index contributed by atoms with van der Waals surface area (Å²) in [5.41, 5.74) is 0.799. The molecule has 1 fully saturated rings. The predicted octanol–water partition coefficient (Wildman–Crippen LogP) is 1.20. The van der Waals surface area contributed by atoms with Gasteiger partial charge in [-0.2, -0.15) is 5.10 Å². The Morgan fingerprint density at radius 1 is 1.55 bits per heavy atom. The van der Waals surface area contributed by atoms with Crippen LogP contribution in [0.4, 0.5) is 4.39 Å². The third-order valence-electron chi connectivity index (χ3n) is 2.58. The fraction of sp³-hybridized carbons (Fsp3) is 0.143. The maximum atomic E-state index is 13.3. The van der Waals surface area contributed by atoms with Crippen molar-refractivity contribution in [3.8, 4) is 12.3 Å². The van der Waals surface area contributed by atoms with Crippen molar-refractivity contribution < 1.29 is 19.1 Å². The normalized spacial score (nSPS) is 19.4. The molecule has 1 atom stereocenters. The molecule has 1 aromatic rings. The predicted molar refractivity (Wildman–Crippen MR) is 81.1 cm³/mol. The summed E-state index contributed by atoms with van der Waals surface area (Å²) in [6, 6.07) is 4.01. The lowest BCUT2D eigenvalue weighted by molar-refractivity contribution is -0.138. The minimum atomic E-state index is -1.07. The van der Waals surface area contributed by atoms with E-state index in [1.54, 1.807) is 6.07 Å². The van der Waals surface area contributed by atoms with Gasteiger partial charge in [-0.1, -0.05) is 17.7 Å². The molecule has 1 saturated heterocycles. The first kappa shape index (κ1) is 15.7. The molecule has 0 spiro atoms. The molecular weight excluding hydrogens is 309 g/mol. The Hall–Kier alpha value is -2.66. The molecule has 0 aromatic heterocycles. The molecular formula is C14H10FN3O3S. The van der Waals surface area contributed by atoms with Gasteiger partial charge in [0.15, 0.2) is 5.17 Å². The highest BCUT2D eigenvalue weighted by Crippen LogP contribution is 2.22. The first-order chi connectivity index (χ1) is 10.5. The summed E-state index contributed by atoms with van der Waals surface area (Å²) in [4.78, 5) is 22.1. The largest absolute Gasteiger partial charge is 0.481 e. The zero-order valence-electron chi connectivity index (χ0n) is 11.1. The Kier molecular flexibility index (Phi) is 4.91. The van der Waals surface area contributed by atoms with Crippen LogP contribution in [-0.2, 0) is 9.59 Å². The van der Waals surface area contributed by atoms with Crippen LogP contribution in [0.25, 0.3) is 0 Å². The molecule has 0 aliphatic carbocycles. The Balaban J connectivity index is 2.06. The number of carboxylic acids is 1. The van der Waals surface area contributed by atoms with Crippen molar-refractivity contribution in [2.75, 3.05) is 0 Å². The Morgan fingerprint density at radius 3 is 3.00 bits per heavy atom. The zero-order valence-corrected chi connectivity index (χ0v) is 11.9. The van der Waals surface area contributed by atoms with Gasteiger partial charge in [0.05, 0.1) is 12.6 Å². The van der Waals surface area contributed by atoms with Crippen LogP contribution in [0.5, 0.6) is 0 Å². The highest BCUT2D eigenvalue weighted by atomic mass is 32.2. The van der Waals surface area contributed by atoms with Gasteiger partial charge in [0.2, 0.25) is 5.91 Å². The second-order valence-electron chi connectivity index (χ2n) is 4.26. The minimum Gasteiger partial charge on any atom is -0.481 e. The topological polar surface area (TPSA) is 91.1 Å². The number of hydrogen-bond acceptors (Lipinski definition) is 5. The second-order valence-corrected chi connectivity index (χ2v) is 5.45. The van der Waals surface area contributed by atoms with E-state index in [2.05, 4.69) is 21.4 Å². The smallest absolute Gasteiger partial charge is 0.305 e. The highest BCUT2D eigenvalue weighted by Gasteiger charge is 2.32. The van der Waals surface area contributed by atoms with E-state index < -0.39 is 22.9 Å². The number of amidine groups is 1. The molecule has 22 heavy (non-hydrogen) atoms. The van der Waals surface area contributed by atoms with Gasteiger partial charge in [-0.25, -0.2) is 4.39 Å². The van der Waals surface area contributed by atoms with Crippen LogP contribution in [0.15, 0.2) is 28.4 Å². The Labute approximate surface area is 129 Å². The zero-order chi connectivity index (χ0) is 16.1. The summed E-state index contributed by atoms with van der Waals surface area (Å²) in [6.07, 6.45) is 6.19. The number of halogens is 1. The Bertz CT molecular complexity index is 725. The summed E-state index contributed by atoms with van der Waals surface area (Å²) in [5.74, 6) is 0.325. The van der Waals surface area contributed by atoms with E-state index in [4.69, 9.17) is 11.5 Å². The van der Waals surface area contributed by atoms with Gasteiger partial charge in [-0.05, 0) is 23.8 Å². The second kappa shape index (κ2) is 6.87. The van der Waals surface area contributed by atoms with Crippen LogP contribution in [-0.4, -0.2) is 33.6 Å². The van der Waals surface area contributed by atoms with E-state index in [0.29, 0.717) is 11.1 Å². The molecule has 0 saturated carbocycles. The van der Waals surface area contributed by atoms with Crippen LogP contribution >= 0.6 is 11.8 Å². The number of carbonyl (C=O) groups is 2. The minimum absolute atomic E-state index is 0.195. The standard InChI is InChI=1S/C14H10FN3O3S/c1-2-8-3-9(5-10(15)4-8)7-16-18-14-17-13(21)11(22-14)6-12(19)20/h1,3-5,7,11H,6H2,(H,19,20)(H,17,18,21). The van der Waals surface area contributed by atoms with Gasteiger partial charge >= 0.3 is 5.97 Å². The lowest BCUT2D eigenvalue weighted by atomic mass is 10.1. The van der Waals surface area contributed by atoms with Crippen LogP contribution in [0, 0.1) is 18.2 Å². The summed E-state index contributed by atoms with van der Waals surface area (Å²) < 4.78 is 13.3. The van der Waals surface area contributed by atoms with Gasteiger partial charge in [-0.3, -0.25) is 9.59 Å². The quantitative estimate of drug-likeness (QED) is 0.496. The van der Waals surface area contributed by atoms with Crippen LogP contribution in [0.3, 0.4) is 0 Å². The number of thioether (sulfide) groups is 1. The maximum Gasteiger partial charge on any atom is 0.305 e. The van der Waals surface area contributed by atoms with Crippen molar-refractivity contribution in [3.63, 3.8) is 0 Å². The van der Waals surface area contributed by atoms with E-state index in [-0.39, 0.29) is 11.6 Å². The SMILES string of the molecule is C#Cc1cc(F)cc(C=NN=C2NC(=O)C(CC(=O)O)S2)c1. The summed E-state index contributed by atoms with van der Waals surface area (Å²) >= 11 is 0.981. The van der Waals surface area contributed by atoms with Crippen LogP contribution in [0.1, 0.15) is 17.5 Å². The number of hydrogen-bond donors (Lipinski definition) is 2. The molecule has 1 aliphatic rings. The molecule has 1 unspecified atom stereocenters. The van der Waals surface area contributed by atoms with Gasteiger partial charge in [-0.15, -0.1) is 11.5 Å². The molecule has 2 rings (SSSR count). The van der Waals surface area contributed by atoms with E-state index in [0.717, 1.165) is 11.8 Å². The number of carbonyl (C=O) groups excluding carboxylic acids is 1. The summed E-state index contributed by atoms with van der Waals surface area (Å²) in [6.45, 7) is 0. The molecule has 1 aliphatic heterocycles. The number of rotatable bonds is 4. The van der Waals surface area contributed by atoms with Crippen molar-refractivity contribution in [1.82, 2.24) is 5.32 Å². The average molecular weight is 319 g/mol. The molecule has 0 radical (unpaired) electrons. The van der Waals surface area contributed by atoms with Gasteiger partial charge in [0.25, 0.3) is 0 Å². The van der Waals surface area contributed by atoms with Gasteiger partial charge < -0.3 is 10.4 Å². The first-order valence-electron chi connectivity index (χ1n) is 6.05. The Morgan fingerprint density at radius 2 is 2.32 bits per heavy atom. The molecule has 6 nitrogen and oxygen atoms in total. The van der Waals surface area contributed by atoms with Gasteiger partial charge in [0.1, 0.15) is 11.1 Å². The molecule has 1 amide bonds. The third kappa shape index (κ3) is 4.17. The highest BCUT2D eigenvalue weighted by molar-refractivity contribution is 8.15. The lowest BCUT2D eigenvalue weighted by Crippen LogP contribution is -2.26. The fourth-order valence-electron chi connectivity index (χ4n) is 1.66. The number of aliphatic carboxylic acids is 1. The number of benzene rings is 1. The first-order valence-corrected chi connectivity index (χ1v) is 6.93. The summed E-state index contributed by atoms with van der Waals surface area (Å²) in [5, 5.41) is 18.0. The molecule has 1 aromatic carbocycles. The molecule has 2 N–H and O–H groups in total. The van der Waals surface area contributed by atoms with E-state index in [1.807, 2.05) is 0 Å². The number of nitrogens with zero attached hydrogens (tertiary/aromatic N) is 2. The van der Waals surface area contributed by atoms with Crippen molar-refractivity contribution in [1.29, 1.82) is 0 Å². The van der Waals surface area contributed by atoms with E-state index >= 15 is 0 Å². The van der Waals surface area contributed by atoms with Crippen molar-refractivity contribution >= 4 is 35.0 Å². The maximum absolute atomic E-state index is 13.3. The molecule has 0 bridgehead atoms. The molecule has 8 heteroatoms. The van der Waals surface area contributed by atoms with E-state index in [1.165, 1.54) is 18.3 Å². The average Bonchev–Trinajstić information content (AvgIpc) is 2.77. The van der Waals surface area contributed by atoms with Crippen molar-refractivity contribution in [2.24, 2.45) is 10.2 Å². The lowest BCUT2D eigenvalue weighted by Gasteiger charge is -1.97. The molecule has 1 heterocycles. The number of nitrogens with one attached hydrogen (secondary N) is 1. The van der Waals surface area contributed by atoms with Crippen LogP contribution in [0.2, 0.25) is 0 Å². The van der Waals surface area contributed by atoms with Gasteiger partial charge in [0, 0.05) is 5.56 Å².